The van der Waals surface area contributed by atoms with Crippen LogP contribution in [0.2, 0.25) is 0 Å². The summed E-state index contributed by atoms with van der Waals surface area (Å²) in [5.41, 5.74) is 0.737. The SMILES string of the molecule is COc1noc2c1CN(C(=O)O)CC2. The maximum Gasteiger partial charge on any atom is 0.407 e. The molecule has 1 amide bonds. The van der Waals surface area contributed by atoms with Crippen molar-refractivity contribution in [1.29, 1.82) is 0 Å². The second-order valence-corrected chi connectivity index (χ2v) is 3.05. The quantitative estimate of drug-likeness (QED) is 0.719. The fourth-order valence-corrected chi connectivity index (χ4v) is 1.51. The highest BCUT2D eigenvalue weighted by atomic mass is 16.5. The Hall–Kier alpha value is -1.72. The zero-order chi connectivity index (χ0) is 10.1. The fourth-order valence-electron chi connectivity index (χ4n) is 1.51. The molecule has 1 aromatic rings. The molecule has 1 aromatic heterocycles. The molecule has 0 bridgehead atoms. The molecule has 0 radical (unpaired) electrons. The van der Waals surface area contributed by atoms with Gasteiger partial charge in [-0.3, -0.25) is 0 Å². The highest BCUT2D eigenvalue weighted by Crippen LogP contribution is 2.26. The molecule has 1 aliphatic heterocycles. The molecule has 0 aromatic carbocycles. The normalized spacial score (nSPS) is 15.1. The van der Waals surface area contributed by atoms with Crippen LogP contribution in [0, 0.1) is 0 Å². The van der Waals surface area contributed by atoms with Crippen molar-refractivity contribution in [3.63, 3.8) is 0 Å². The van der Waals surface area contributed by atoms with Crippen LogP contribution in [0.15, 0.2) is 4.52 Å². The van der Waals surface area contributed by atoms with Crippen LogP contribution in [0.1, 0.15) is 11.3 Å². The molecule has 6 nitrogen and oxygen atoms in total. The lowest BCUT2D eigenvalue weighted by Gasteiger charge is -2.22. The topological polar surface area (TPSA) is 75.8 Å². The van der Waals surface area contributed by atoms with Crippen molar-refractivity contribution in [2.24, 2.45) is 0 Å². The van der Waals surface area contributed by atoms with Gasteiger partial charge in [-0.05, 0) is 5.16 Å². The summed E-state index contributed by atoms with van der Waals surface area (Å²) in [5, 5.41) is 12.5. The molecule has 0 spiro atoms. The van der Waals surface area contributed by atoms with Crippen LogP contribution in [0.4, 0.5) is 4.79 Å². The molecule has 0 unspecified atom stereocenters. The predicted molar refractivity (Wildman–Crippen MR) is 45.2 cm³/mol. The molecular formula is C8H10N2O4. The van der Waals surface area contributed by atoms with Gasteiger partial charge in [0.15, 0.2) is 0 Å². The van der Waals surface area contributed by atoms with E-state index < -0.39 is 6.09 Å². The Balaban J connectivity index is 2.27. The van der Waals surface area contributed by atoms with Crippen molar-refractivity contribution < 1.29 is 19.2 Å². The van der Waals surface area contributed by atoms with Crippen molar-refractivity contribution in [1.82, 2.24) is 10.1 Å². The van der Waals surface area contributed by atoms with Crippen molar-refractivity contribution in [2.75, 3.05) is 13.7 Å². The van der Waals surface area contributed by atoms with E-state index in [1.165, 1.54) is 12.0 Å². The maximum atomic E-state index is 10.7. The van der Waals surface area contributed by atoms with Gasteiger partial charge in [0.1, 0.15) is 5.76 Å². The summed E-state index contributed by atoms with van der Waals surface area (Å²) in [5.74, 6) is 1.10. The standard InChI is InChI=1S/C8H10N2O4/c1-13-7-5-4-10(8(11)12)3-2-6(5)14-9-7/h2-4H2,1H3,(H,11,12). The van der Waals surface area contributed by atoms with E-state index in [2.05, 4.69) is 5.16 Å². The zero-order valence-electron chi connectivity index (χ0n) is 7.69. The summed E-state index contributed by atoms with van der Waals surface area (Å²) < 4.78 is 9.97. The lowest BCUT2D eigenvalue weighted by molar-refractivity contribution is 0.137. The first-order valence-corrected chi connectivity index (χ1v) is 4.21. The summed E-state index contributed by atoms with van der Waals surface area (Å²) in [7, 11) is 1.48. The van der Waals surface area contributed by atoms with Gasteiger partial charge in [0.2, 0.25) is 0 Å². The van der Waals surface area contributed by atoms with Crippen LogP contribution in [-0.4, -0.2) is 34.9 Å². The van der Waals surface area contributed by atoms with E-state index in [0.717, 1.165) is 11.3 Å². The maximum absolute atomic E-state index is 10.7. The molecule has 6 heteroatoms. The van der Waals surface area contributed by atoms with Crippen LogP contribution in [0.5, 0.6) is 5.88 Å². The first kappa shape index (κ1) is 8.86. The summed E-state index contributed by atoms with van der Waals surface area (Å²) in [4.78, 5) is 12.0. The summed E-state index contributed by atoms with van der Waals surface area (Å²) in [6.45, 7) is 0.734. The molecule has 1 N–H and O–H groups in total. The molecule has 0 saturated heterocycles. The molecule has 76 valence electrons. The summed E-state index contributed by atoms with van der Waals surface area (Å²) >= 11 is 0. The molecule has 1 aliphatic rings. The third kappa shape index (κ3) is 1.28. The van der Waals surface area contributed by atoms with Crippen molar-refractivity contribution in [2.45, 2.75) is 13.0 Å². The summed E-state index contributed by atoms with van der Waals surface area (Å²) in [6, 6.07) is 0. The van der Waals surface area contributed by atoms with E-state index in [-0.39, 0.29) is 6.54 Å². The Kier molecular flexibility index (Phi) is 2.03. The van der Waals surface area contributed by atoms with E-state index >= 15 is 0 Å². The molecule has 14 heavy (non-hydrogen) atoms. The number of hydrogen-bond donors (Lipinski definition) is 1. The van der Waals surface area contributed by atoms with Gasteiger partial charge >= 0.3 is 6.09 Å². The lowest BCUT2D eigenvalue weighted by atomic mass is 10.1. The minimum Gasteiger partial charge on any atom is -0.479 e. The summed E-state index contributed by atoms with van der Waals surface area (Å²) in [6.07, 6.45) is -0.378. The van der Waals surface area contributed by atoms with Gasteiger partial charge in [0.25, 0.3) is 5.88 Å². The van der Waals surface area contributed by atoms with Crippen LogP contribution in [-0.2, 0) is 13.0 Å². The number of carbonyl (C=O) groups is 1. The number of rotatable bonds is 1. The van der Waals surface area contributed by atoms with Crippen molar-refractivity contribution in [3.8, 4) is 5.88 Å². The van der Waals surface area contributed by atoms with E-state index in [9.17, 15) is 4.79 Å². The second kappa shape index (κ2) is 3.21. The van der Waals surface area contributed by atoms with Gasteiger partial charge in [-0.25, -0.2) is 4.79 Å². The third-order valence-electron chi connectivity index (χ3n) is 2.26. The zero-order valence-corrected chi connectivity index (χ0v) is 7.69. The number of ether oxygens (including phenoxy) is 1. The Morgan fingerprint density at radius 1 is 1.71 bits per heavy atom. The van der Waals surface area contributed by atoms with E-state index in [1.54, 1.807) is 0 Å². The average Bonchev–Trinajstić information content (AvgIpc) is 2.59. The minimum atomic E-state index is -0.932. The first-order chi connectivity index (χ1) is 6.72. The van der Waals surface area contributed by atoms with E-state index in [4.69, 9.17) is 14.4 Å². The molecule has 2 heterocycles. The van der Waals surface area contributed by atoms with Gasteiger partial charge in [-0.15, -0.1) is 0 Å². The number of nitrogens with zero attached hydrogens (tertiary/aromatic N) is 2. The highest BCUT2D eigenvalue weighted by molar-refractivity contribution is 5.65. The van der Waals surface area contributed by atoms with Crippen molar-refractivity contribution in [3.05, 3.63) is 11.3 Å². The van der Waals surface area contributed by atoms with Crippen LogP contribution in [0.25, 0.3) is 0 Å². The number of fused-ring (bicyclic) bond motifs is 1. The van der Waals surface area contributed by atoms with E-state index in [0.29, 0.717) is 18.8 Å². The Bertz CT molecular complexity index is 347. The lowest BCUT2D eigenvalue weighted by Crippen LogP contribution is -2.34. The minimum absolute atomic E-state index is 0.289. The van der Waals surface area contributed by atoms with Gasteiger partial charge in [-0.2, -0.15) is 0 Å². The Morgan fingerprint density at radius 2 is 2.50 bits per heavy atom. The number of amides is 1. The molecule has 0 saturated carbocycles. The molecule has 0 aliphatic carbocycles. The first-order valence-electron chi connectivity index (χ1n) is 4.21. The van der Waals surface area contributed by atoms with Crippen molar-refractivity contribution >= 4 is 6.09 Å². The second-order valence-electron chi connectivity index (χ2n) is 3.05. The van der Waals surface area contributed by atoms with Gasteiger partial charge in [-0.1, -0.05) is 0 Å². The smallest absolute Gasteiger partial charge is 0.407 e. The largest absolute Gasteiger partial charge is 0.479 e. The number of methoxy groups -OCH3 is 1. The average molecular weight is 198 g/mol. The van der Waals surface area contributed by atoms with Gasteiger partial charge in [0, 0.05) is 13.0 Å². The number of carboxylic acid groups (broad SMARTS) is 1. The number of hydrogen-bond acceptors (Lipinski definition) is 4. The monoisotopic (exact) mass is 198 g/mol. The Labute approximate surface area is 80.0 Å². The molecule has 0 fully saturated rings. The van der Waals surface area contributed by atoms with E-state index in [1.807, 2.05) is 0 Å². The molecule has 2 rings (SSSR count). The van der Waals surface area contributed by atoms with Crippen LogP contribution < -0.4 is 4.74 Å². The number of aromatic nitrogens is 1. The van der Waals surface area contributed by atoms with Crippen LogP contribution in [0.3, 0.4) is 0 Å². The molecular weight excluding hydrogens is 188 g/mol. The van der Waals surface area contributed by atoms with Gasteiger partial charge in [0.05, 0.1) is 19.2 Å². The third-order valence-corrected chi connectivity index (χ3v) is 2.26. The Morgan fingerprint density at radius 3 is 3.14 bits per heavy atom. The fraction of sp³-hybridized carbons (Fsp3) is 0.500. The van der Waals surface area contributed by atoms with Gasteiger partial charge < -0.3 is 19.3 Å². The van der Waals surface area contributed by atoms with Crippen LogP contribution >= 0.6 is 0 Å². The predicted octanol–water partition coefficient (Wildman–Crippen LogP) is 0.719. The molecule has 0 atom stereocenters. The highest BCUT2D eigenvalue weighted by Gasteiger charge is 2.27.